The number of alkyl halides is 2. The van der Waals surface area contributed by atoms with Crippen LogP contribution in [-0.2, 0) is 0 Å². The quantitative estimate of drug-likeness (QED) is 0.641. The molecule has 8 heteroatoms. The van der Waals surface area contributed by atoms with Crippen LogP contribution in [0.1, 0.15) is 5.56 Å². The fraction of sp³-hybridized carbons (Fsp3) is 0.143. The molecule has 0 amide bonds. The molecule has 2 aromatic heterocycles. The Morgan fingerprint density at radius 2 is 1.95 bits per heavy atom. The molecule has 0 fully saturated rings. The van der Waals surface area contributed by atoms with Crippen molar-refractivity contribution in [1.82, 2.24) is 14.0 Å². The second-order valence-electron chi connectivity index (χ2n) is 4.27. The fourth-order valence-corrected chi connectivity index (χ4v) is 2.09. The Bertz CT molecular complexity index is 860. The van der Waals surface area contributed by atoms with E-state index >= 15 is 0 Å². The lowest BCUT2D eigenvalue weighted by Crippen LogP contribution is -2.21. The van der Waals surface area contributed by atoms with Crippen molar-refractivity contribution in [3.05, 3.63) is 63.5 Å². The van der Waals surface area contributed by atoms with Crippen molar-refractivity contribution in [2.75, 3.05) is 6.93 Å². The molecule has 4 nitrogen and oxygen atoms in total. The summed E-state index contributed by atoms with van der Waals surface area (Å²) >= 11 is 5.96. The topological polar surface area (TPSA) is 39.3 Å². The van der Waals surface area contributed by atoms with Gasteiger partial charge >= 0.3 is 0 Å². The summed E-state index contributed by atoms with van der Waals surface area (Å²) in [6.45, 7) is 0.0865. The van der Waals surface area contributed by atoms with Crippen molar-refractivity contribution in [2.24, 2.45) is 0 Å². The van der Waals surface area contributed by atoms with Gasteiger partial charge < -0.3 is 0 Å². The maximum atomic E-state index is 13.6. The number of aryl methyl sites for hydroxylation is 1. The summed E-state index contributed by atoms with van der Waals surface area (Å²) in [4.78, 5) is 16.0. The Morgan fingerprint density at radius 3 is 2.59 bits per heavy atom. The maximum absolute atomic E-state index is 13.6. The van der Waals surface area contributed by atoms with Crippen LogP contribution in [-0.4, -0.2) is 20.9 Å². The minimum Gasteiger partial charge on any atom is -0.269 e. The lowest BCUT2D eigenvalue weighted by molar-refractivity contribution is 0.295. The molecule has 3 aromatic rings. The fourth-order valence-electron chi connectivity index (χ4n) is 1.97. The molecule has 0 aliphatic rings. The number of benzene rings is 1. The summed E-state index contributed by atoms with van der Waals surface area (Å²) in [6.07, 6.45) is 2.90. The van der Waals surface area contributed by atoms with Gasteiger partial charge in [-0.25, -0.2) is 18.3 Å². The van der Waals surface area contributed by atoms with Crippen LogP contribution < -0.4 is 5.56 Å². The van der Waals surface area contributed by atoms with E-state index in [2.05, 4.69) is 4.98 Å². The van der Waals surface area contributed by atoms with Gasteiger partial charge in [-0.15, -0.1) is 0 Å². The highest BCUT2D eigenvalue weighted by molar-refractivity contribution is 6.31. The van der Waals surface area contributed by atoms with Crippen molar-refractivity contribution >= 4 is 17.4 Å². The van der Waals surface area contributed by atoms with Crippen molar-refractivity contribution in [3.8, 4) is 5.69 Å². The van der Waals surface area contributed by atoms with Crippen molar-refractivity contribution < 1.29 is 13.2 Å². The zero-order valence-electron chi connectivity index (χ0n) is 11.4. The lowest BCUT2D eigenvalue weighted by Gasteiger charge is -2.09. The van der Waals surface area contributed by atoms with Gasteiger partial charge in [0.1, 0.15) is 0 Å². The van der Waals surface area contributed by atoms with Gasteiger partial charge in [-0.3, -0.25) is 9.20 Å². The Hall–Kier alpha value is -2.28. The van der Waals surface area contributed by atoms with E-state index in [0.717, 1.165) is 11.6 Å². The van der Waals surface area contributed by atoms with E-state index in [1.807, 2.05) is 6.92 Å². The van der Waals surface area contributed by atoms with Crippen LogP contribution in [0.5, 0.6) is 0 Å². The van der Waals surface area contributed by atoms with E-state index < -0.39 is 18.4 Å². The summed E-state index contributed by atoms with van der Waals surface area (Å²) in [5, 5.41) is 0.610. The lowest BCUT2D eigenvalue weighted by atomic mass is 10.2. The molecule has 22 heavy (non-hydrogen) atoms. The number of rotatable bonds is 1. The van der Waals surface area contributed by atoms with E-state index in [4.69, 9.17) is 11.6 Å². The molecule has 3 rings (SSSR count). The van der Waals surface area contributed by atoms with Crippen LogP contribution in [0.2, 0.25) is 5.02 Å². The third kappa shape index (κ3) is 2.99. The van der Waals surface area contributed by atoms with Crippen LogP contribution in [0.4, 0.5) is 13.2 Å². The molecule has 1 aromatic carbocycles. The molecular weight excluding hydrogens is 319 g/mol. The predicted molar refractivity (Wildman–Crippen MR) is 77.6 cm³/mol. The highest BCUT2D eigenvalue weighted by Gasteiger charge is 2.11. The average Bonchev–Trinajstić information content (AvgIpc) is 2.93. The largest absolute Gasteiger partial charge is 0.269 e. The van der Waals surface area contributed by atoms with Gasteiger partial charge in [0, 0.05) is 17.4 Å². The molecule has 2 heterocycles. The first kappa shape index (κ1) is 16.1. The second kappa shape index (κ2) is 6.65. The zero-order valence-corrected chi connectivity index (χ0v) is 12.2. The minimum atomic E-state index is -1.75. The van der Waals surface area contributed by atoms with E-state index in [-0.39, 0.29) is 5.78 Å². The SMILES string of the molecule is Cc1cc(-n2c(=O)cc(F)n3ccnc23)ccc1Cl.FCF. The van der Waals surface area contributed by atoms with Crippen molar-refractivity contribution in [3.63, 3.8) is 0 Å². The van der Waals surface area contributed by atoms with Gasteiger partial charge in [0.15, 0.2) is 0 Å². The first-order valence-corrected chi connectivity index (χ1v) is 6.50. The van der Waals surface area contributed by atoms with Crippen LogP contribution in [0.15, 0.2) is 41.5 Å². The number of aromatic nitrogens is 3. The van der Waals surface area contributed by atoms with Crippen LogP contribution in [0, 0.1) is 12.9 Å². The molecule has 0 atom stereocenters. The number of fused-ring (bicyclic) bond motifs is 1. The first-order chi connectivity index (χ1) is 10.5. The molecule has 116 valence electrons. The van der Waals surface area contributed by atoms with Crippen LogP contribution in [0.25, 0.3) is 11.5 Å². The third-order valence-electron chi connectivity index (χ3n) is 2.91. The van der Waals surface area contributed by atoms with E-state index in [9.17, 15) is 18.0 Å². The zero-order chi connectivity index (χ0) is 16.3. The Labute approximate surface area is 128 Å². The van der Waals surface area contributed by atoms with Gasteiger partial charge in [0.05, 0.1) is 11.8 Å². The summed E-state index contributed by atoms with van der Waals surface area (Å²) in [5.41, 5.74) is 0.959. The molecule has 0 radical (unpaired) electrons. The minimum absolute atomic E-state index is 0.228. The van der Waals surface area contributed by atoms with E-state index in [1.54, 1.807) is 18.2 Å². The molecule has 0 spiro atoms. The number of nitrogens with zero attached hydrogens (tertiary/aromatic N) is 3. The van der Waals surface area contributed by atoms with E-state index in [0.29, 0.717) is 10.7 Å². The summed E-state index contributed by atoms with van der Waals surface area (Å²) in [5.74, 6) is -0.411. The molecular formula is C14H11ClF3N3O. The summed E-state index contributed by atoms with van der Waals surface area (Å²) < 4.78 is 35.4. The maximum Gasteiger partial charge on any atom is 0.262 e. The Kier molecular flexibility index (Phi) is 4.87. The second-order valence-corrected chi connectivity index (χ2v) is 4.68. The smallest absolute Gasteiger partial charge is 0.262 e. The number of halogens is 4. The third-order valence-corrected chi connectivity index (χ3v) is 3.34. The number of imidazole rings is 1. The van der Waals surface area contributed by atoms with Crippen LogP contribution in [0.3, 0.4) is 0 Å². The summed E-state index contributed by atoms with van der Waals surface area (Å²) in [7, 11) is 0. The monoisotopic (exact) mass is 329 g/mol. The number of hydrogen-bond donors (Lipinski definition) is 0. The van der Waals surface area contributed by atoms with Gasteiger partial charge in [-0.1, -0.05) is 11.6 Å². The molecule has 0 unspecified atom stereocenters. The first-order valence-electron chi connectivity index (χ1n) is 6.12. The molecule has 0 aliphatic heterocycles. The molecule has 0 saturated carbocycles. The normalized spacial score (nSPS) is 10.4. The van der Waals surface area contributed by atoms with Gasteiger partial charge in [0.25, 0.3) is 5.56 Å². The highest BCUT2D eigenvalue weighted by Crippen LogP contribution is 2.19. The Balaban J connectivity index is 0.000000545. The molecule has 0 aliphatic carbocycles. The van der Waals surface area contributed by atoms with Crippen molar-refractivity contribution in [2.45, 2.75) is 6.92 Å². The highest BCUT2D eigenvalue weighted by atomic mass is 35.5. The van der Waals surface area contributed by atoms with Crippen molar-refractivity contribution in [1.29, 1.82) is 0 Å². The average molecular weight is 330 g/mol. The molecule has 0 bridgehead atoms. The standard InChI is InChI=1S/C13H9ClFN3O.CH2F2/c1-8-6-9(2-3-10(8)14)18-12(19)7-11(15)17-5-4-16-13(17)18;2-1-3/h2-7H,1H3;1H2. The predicted octanol–water partition coefficient (Wildman–Crippen LogP) is 3.47. The van der Waals surface area contributed by atoms with Gasteiger partial charge in [-0.05, 0) is 30.7 Å². The Morgan fingerprint density at radius 1 is 1.27 bits per heavy atom. The van der Waals surface area contributed by atoms with Crippen LogP contribution >= 0.6 is 11.6 Å². The van der Waals surface area contributed by atoms with Gasteiger partial charge in [-0.2, -0.15) is 4.39 Å². The number of hydrogen-bond acceptors (Lipinski definition) is 2. The summed E-state index contributed by atoms with van der Waals surface area (Å²) in [6, 6.07) is 6.08. The van der Waals surface area contributed by atoms with E-state index in [1.165, 1.54) is 21.4 Å². The molecule has 0 N–H and O–H groups in total. The van der Waals surface area contributed by atoms with Gasteiger partial charge in [0.2, 0.25) is 18.7 Å². The molecule has 0 saturated heterocycles.